The second-order valence-corrected chi connectivity index (χ2v) is 7.27. The standard InChI is InChI=1S/C18H14ClFN2O3S/c1-18(2)13(9-21)16(10-3-5-11(20)6-4-10)17-14(19)7-12(22-26(23)24)8-15(17)25-18/h3-8,22H,1-2H3,(H,23,24). The van der Waals surface area contributed by atoms with Crippen LogP contribution in [0.25, 0.3) is 5.57 Å². The van der Waals surface area contributed by atoms with Crippen molar-refractivity contribution in [2.75, 3.05) is 4.72 Å². The van der Waals surface area contributed by atoms with Gasteiger partial charge in [-0.25, -0.2) is 8.60 Å². The number of fused-ring (bicyclic) bond motifs is 1. The lowest BCUT2D eigenvalue weighted by Crippen LogP contribution is -2.34. The van der Waals surface area contributed by atoms with E-state index in [9.17, 15) is 13.9 Å². The van der Waals surface area contributed by atoms with E-state index in [1.165, 1.54) is 24.3 Å². The third-order valence-corrected chi connectivity index (χ3v) is 4.68. The largest absolute Gasteiger partial charge is 0.482 e. The van der Waals surface area contributed by atoms with Crippen molar-refractivity contribution >= 4 is 34.1 Å². The zero-order valence-corrected chi connectivity index (χ0v) is 15.4. The van der Waals surface area contributed by atoms with E-state index >= 15 is 0 Å². The average Bonchev–Trinajstić information content (AvgIpc) is 2.52. The smallest absolute Gasteiger partial charge is 0.259 e. The Hall–Kier alpha value is -2.40. The van der Waals surface area contributed by atoms with E-state index in [1.54, 1.807) is 26.0 Å². The van der Waals surface area contributed by atoms with Gasteiger partial charge in [-0.3, -0.25) is 9.27 Å². The maximum Gasteiger partial charge on any atom is 0.259 e. The topological polar surface area (TPSA) is 82.3 Å². The van der Waals surface area contributed by atoms with Crippen LogP contribution in [0.1, 0.15) is 25.0 Å². The molecule has 0 spiro atoms. The predicted octanol–water partition coefficient (Wildman–Crippen LogP) is 4.52. The van der Waals surface area contributed by atoms with Gasteiger partial charge in [0.2, 0.25) is 0 Å². The molecule has 0 fully saturated rings. The number of ether oxygens (including phenoxy) is 1. The van der Waals surface area contributed by atoms with Crippen LogP contribution in [0, 0.1) is 17.1 Å². The minimum absolute atomic E-state index is 0.234. The van der Waals surface area contributed by atoms with Crippen molar-refractivity contribution in [1.82, 2.24) is 0 Å². The van der Waals surface area contributed by atoms with Crippen molar-refractivity contribution in [3.63, 3.8) is 0 Å². The SMILES string of the molecule is CC1(C)Oc2cc(NS(=O)O)cc(Cl)c2C(c2ccc(F)cc2)=C1C#N. The number of halogens is 2. The number of hydrogen-bond donors (Lipinski definition) is 2. The van der Waals surface area contributed by atoms with Gasteiger partial charge in [0.05, 0.1) is 22.4 Å². The van der Waals surface area contributed by atoms with E-state index < -0.39 is 22.7 Å². The van der Waals surface area contributed by atoms with Crippen molar-refractivity contribution in [2.24, 2.45) is 0 Å². The number of hydrogen-bond acceptors (Lipinski definition) is 3. The summed E-state index contributed by atoms with van der Waals surface area (Å²) in [5.41, 5.74) is 1.32. The molecule has 26 heavy (non-hydrogen) atoms. The van der Waals surface area contributed by atoms with Crippen LogP contribution in [0.4, 0.5) is 10.1 Å². The Morgan fingerprint density at radius 3 is 2.54 bits per heavy atom. The highest BCUT2D eigenvalue weighted by atomic mass is 35.5. The third-order valence-electron chi connectivity index (χ3n) is 3.97. The lowest BCUT2D eigenvalue weighted by atomic mass is 9.83. The van der Waals surface area contributed by atoms with Gasteiger partial charge in [-0.2, -0.15) is 5.26 Å². The summed E-state index contributed by atoms with van der Waals surface area (Å²) in [7, 11) is 0. The van der Waals surface area contributed by atoms with Gasteiger partial charge in [0.1, 0.15) is 17.2 Å². The molecule has 0 saturated heterocycles. The number of nitriles is 1. The van der Waals surface area contributed by atoms with Crippen LogP contribution >= 0.6 is 11.6 Å². The summed E-state index contributed by atoms with van der Waals surface area (Å²) in [5, 5.41) is 9.95. The molecule has 0 radical (unpaired) electrons. The van der Waals surface area contributed by atoms with Gasteiger partial charge in [-0.15, -0.1) is 0 Å². The fourth-order valence-electron chi connectivity index (χ4n) is 2.91. The molecule has 3 rings (SSSR count). The van der Waals surface area contributed by atoms with Crippen molar-refractivity contribution in [3.8, 4) is 11.8 Å². The summed E-state index contributed by atoms with van der Waals surface area (Å²) in [6.45, 7) is 3.46. The molecule has 2 N–H and O–H groups in total. The number of rotatable bonds is 3. The average molecular weight is 393 g/mol. The highest BCUT2D eigenvalue weighted by Crippen LogP contribution is 2.47. The van der Waals surface area contributed by atoms with Gasteiger partial charge < -0.3 is 4.74 Å². The first-order valence-corrected chi connectivity index (χ1v) is 9.02. The lowest BCUT2D eigenvalue weighted by molar-refractivity contribution is 0.150. The second kappa shape index (κ2) is 6.72. The van der Waals surface area contributed by atoms with E-state index in [2.05, 4.69) is 10.8 Å². The number of anilines is 1. The van der Waals surface area contributed by atoms with Gasteiger partial charge in [0.15, 0.2) is 0 Å². The molecule has 0 amide bonds. The Bertz CT molecular complexity index is 981. The van der Waals surface area contributed by atoms with E-state index in [-0.39, 0.29) is 5.02 Å². The van der Waals surface area contributed by atoms with Crippen LogP contribution in [-0.2, 0) is 11.3 Å². The van der Waals surface area contributed by atoms with Gasteiger partial charge in [-0.05, 0) is 37.6 Å². The molecule has 134 valence electrons. The lowest BCUT2D eigenvalue weighted by Gasteiger charge is -2.35. The molecular formula is C18H14ClFN2O3S. The molecule has 0 aromatic heterocycles. The van der Waals surface area contributed by atoms with Crippen LogP contribution < -0.4 is 9.46 Å². The number of nitrogens with one attached hydrogen (secondary N) is 1. The van der Waals surface area contributed by atoms with Gasteiger partial charge in [0.25, 0.3) is 11.3 Å². The van der Waals surface area contributed by atoms with Crippen molar-refractivity contribution < 1.29 is 17.9 Å². The summed E-state index contributed by atoms with van der Waals surface area (Å²) in [5.74, 6) is -0.0377. The summed E-state index contributed by atoms with van der Waals surface area (Å²) < 4.78 is 41.7. The molecule has 0 bridgehead atoms. The van der Waals surface area contributed by atoms with E-state index in [1.807, 2.05) is 0 Å². The molecule has 1 heterocycles. The number of benzene rings is 2. The first-order valence-electron chi connectivity index (χ1n) is 7.54. The Kier molecular flexibility index (Phi) is 4.76. The monoisotopic (exact) mass is 392 g/mol. The second-order valence-electron chi connectivity index (χ2n) is 6.16. The van der Waals surface area contributed by atoms with Gasteiger partial charge >= 0.3 is 0 Å². The molecule has 5 nitrogen and oxygen atoms in total. The molecule has 1 atom stereocenters. The van der Waals surface area contributed by atoms with Crippen molar-refractivity contribution in [2.45, 2.75) is 19.4 Å². The highest BCUT2D eigenvalue weighted by molar-refractivity contribution is 7.80. The summed E-state index contributed by atoms with van der Waals surface area (Å²) >= 11 is 4.13. The van der Waals surface area contributed by atoms with Crippen LogP contribution in [0.15, 0.2) is 42.0 Å². The zero-order valence-electron chi connectivity index (χ0n) is 13.8. The third kappa shape index (κ3) is 3.31. The fraction of sp³-hybridized carbons (Fsp3) is 0.167. The van der Waals surface area contributed by atoms with E-state index in [0.717, 1.165) is 0 Å². The summed E-state index contributed by atoms with van der Waals surface area (Å²) in [6.07, 6.45) is 0. The van der Waals surface area contributed by atoms with Crippen LogP contribution in [-0.4, -0.2) is 14.4 Å². The normalized spacial score (nSPS) is 16.3. The first kappa shape index (κ1) is 18.4. The van der Waals surface area contributed by atoms with E-state index in [0.29, 0.717) is 33.7 Å². The van der Waals surface area contributed by atoms with Gasteiger partial charge in [0, 0.05) is 17.2 Å². The maximum absolute atomic E-state index is 13.3. The minimum atomic E-state index is -2.27. The first-order chi connectivity index (χ1) is 12.2. The van der Waals surface area contributed by atoms with Gasteiger partial charge in [-0.1, -0.05) is 23.7 Å². The van der Waals surface area contributed by atoms with Crippen LogP contribution in [0.5, 0.6) is 5.75 Å². The molecule has 2 aromatic carbocycles. The van der Waals surface area contributed by atoms with Crippen molar-refractivity contribution in [1.29, 1.82) is 5.26 Å². The summed E-state index contributed by atoms with van der Waals surface area (Å²) in [4.78, 5) is 0. The molecule has 1 unspecified atom stereocenters. The highest BCUT2D eigenvalue weighted by Gasteiger charge is 2.37. The van der Waals surface area contributed by atoms with E-state index in [4.69, 9.17) is 20.9 Å². The molecule has 1 aliphatic heterocycles. The minimum Gasteiger partial charge on any atom is -0.482 e. The number of nitrogens with zero attached hydrogens (tertiary/aromatic N) is 1. The molecular weight excluding hydrogens is 379 g/mol. The molecule has 2 aromatic rings. The Morgan fingerprint density at radius 2 is 1.96 bits per heavy atom. The quantitative estimate of drug-likeness (QED) is 0.752. The fourth-order valence-corrected chi connectivity index (χ4v) is 3.54. The maximum atomic E-state index is 13.3. The molecule has 0 aliphatic carbocycles. The predicted molar refractivity (Wildman–Crippen MR) is 98.6 cm³/mol. The van der Waals surface area contributed by atoms with Crippen LogP contribution in [0.2, 0.25) is 5.02 Å². The Balaban J connectivity index is 2.30. The van der Waals surface area contributed by atoms with Crippen LogP contribution in [0.3, 0.4) is 0 Å². The Labute approximate surface area is 157 Å². The Morgan fingerprint density at radius 1 is 1.31 bits per heavy atom. The van der Waals surface area contributed by atoms with Crippen molar-refractivity contribution in [3.05, 3.63) is 63.9 Å². The summed E-state index contributed by atoms with van der Waals surface area (Å²) in [6, 6.07) is 10.9. The zero-order chi connectivity index (χ0) is 19.1. The molecule has 0 saturated carbocycles. The molecule has 1 aliphatic rings. The molecule has 8 heteroatoms.